The Morgan fingerprint density at radius 1 is 1.23 bits per heavy atom. The molecule has 3 saturated heterocycles. The van der Waals surface area contributed by atoms with Crippen LogP contribution in [0.1, 0.15) is 30.1 Å². The number of benzene rings is 2. The lowest BCUT2D eigenvalue weighted by atomic mass is 9.73. The Balaban J connectivity index is 0.000000221. The van der Waals surface area contributed by atoms with Crippen LogP contribution in [0.2, 0.25) is 0 Å². The molecule has 186 valence electrons. The van der Waals surface area contributed by atoms with E-state index in [0.717, 1.165) is 47.3 Å². The molecule has 2 aromatic carbocycles. The lowest BCUT2D eigenvalue weighted by Crippen LogP contribution is -2.54. The molecule has 3 aromatic rings. The molecule has 3 N–H and O–H groups in total. The van der Waals surface area contributed by atoms with E-state index in [4.69, 9.17) is 9.88 Å². The number of ether oxygens (including phenoxy) is 1. The molecule has 0 amide bonds. The Morgan fingerprint density at radius 2 is 1.97 bits per heavy atom. The van der Waals surface area contributed by atoms with Crippen molar-refractivity contribution in [2.24, 2.45) is 17.0 Å². The van der Waals surface area contributed by atoms with Crippen LogP contribution in [0, 0.1) is 18.8 Å². The van der Waals surface area contributed by atoms with E-state index in [-0.39, 0.29) is 10.9 Å². The summed E-state index contributed by atoms with van der Waals surface area (Å²) in [6.07, 6.45) is 5.62. The van der Waals surface area contributed by atoms with Crippen molar-refractivity contribution < 1.29 is 18.3 Å². The quantitative estimate of drug-likeness (QED) is 0.522. The van der Waals surface area contributed by atoms with Gasteiger partial charge in [-0.1, -0.05) is 23.8 Å². The second kappa shape index (κ2) is 10.5. The maximum Gasteiger partial charge on any atom is 0.238 e. The number of sulfonamides is 1. The minimum atomic E-state index is -3.52. The number of fused-ring (bicyclic) bond motifs is 4. The van der Waals surface area contributed by atoms with Gasteiger partial charge in [-0.15, -0.1) is 6.58 Å². The number of aliphatic hydroxyl groups is 1. The van der Waals surface area contributed by atoms with E-state index in [9.17, 15) is 13.5 Å². The van der Waals surface area contributed by atoms with Crippen molar-refractivity contribution in [2.45, 2.75) is 36.8 Å². The number of methoxy groups -OCH3 is 1. The van der Waals surface area contributed by atoms with Crippen molar-refractivity contribution >= 4 is 20.9 Å². The summed E-state index contributed by atoms with van der Waals surface area (Å²) in [6, 6.07) is 14.4. The van der Waals surface area contributed by atoms with E-state index in [0.29, 0.717) is 11.8 Å². The van der Waals surface area contributed by atoms with Crippen LogP contribution < -0.4 is 9.88 Å². The van der Waals surface area contributed by atoms with Crippen molar-refractivity contribution in [2.75, 3.05) is 20.2 Å². The first-order valence-corrected chi connectivity index (χ1v) is 13.3. The summed E-state index contributed by atoms with van der Waals surface area (Å²) in [5.41, 5.74) is 2.86. The molecule has 3 aliphatic rings. The SMILES string of the molecule is C=C[C@H]1CN2CC[C@H]1C[C@H]2[C@H](O)c1ccnc2ccc(OC)cc12.Cc1ccc(S(N)(=O)=O)cc1. The van der Waals surface area contributed by atoms with Gasteiger partial charge < -0.3 is 9.84 Å². The van der Waals surface area contributed by atoms with E-state index in [1.807, 2.05) is 31.2 Å². The molecule has 0 radical (unpaired) electrons. The lowest BCUT2D eigenvalue weighted by molar-refractivity contribution is -0.0444. The normalized spacial score (nSPS) is 24.3. The topological polar surface area (TPSA) is 106 Å². The maximum atomic E-state index is 11.2. The number of rotatable bonds is 5. The van der Waals surface area contributed by atoms with Gasteiger partial charge in [0.2, 0.25) is 10.0 Å². The van der Waals surface area contributed by atoms with Crippen molar-refractivity contribution in [1.82, 2.24) is 9.88 Å². The van der Waals surface area contributed by atoms with Gasteiger partial charge in [0.15, 0.2) is 0 Å². The van der Waals surface area contributed by atoms with Gasteiger partial charge in [0.25, 0.3) is 0 Å². The number of nitrogens with zero attached hydrogens (tertiary/aromatic N) is 2. The highest BCUT2D eigenvalue weighted by atomic mass is 32.2. The highest BCUT2D eigenvalue weighted by molar-refractivity contribution is 7.89. The summed E-state index contributed by atoms with van der Waals surface area (Å²) in [5.74, 6) is 2.01. The van der Waals surface area contributed by atoms with Crippen LogP contribution in [0.3, 0.4) is 0 Å². The van der Waals surface area contributed by atoms with Gasteiger partial charge in [-0.25, -0.2) is 13.6 Å². The van der Waals surface area contributed by atoms with Gasteiger partial charge in [0.05, 0.1) is 23.6 Å². The highest BCUT2D eigenvalue weighted by Crippen LogP contribution is 2.42. The summed E-state index contributed by atoms with van der Waals surface area (Å²) < 4.78 is 26.8. The zero-order chi connectivity index (χ0) is 25.2. The van der Waals surface area contributed by atoms with Gasteiger partial charge in [-0.05, 0) is 80.1 Å². The van der Waals surface area contributed by atoms with Crippen LogP contribution in [0.15, 0.2) is 72.3 Å². The molecule has 6 rings (SSSR count). The monoisotopic (exact) mass is 495 g/mol. The third-order valence-electron chi connectivity index (χ3n) is 7.17. The first kappa shape index (κ1) is 25.3. The molecule has 0 spiro atoms. The second-order valence-electron chi connectivity index (χ2n) is 9.33. The molecular weight excluding hydrogens is 462 g/mol. The standard InChI is InChI=1S/C20H24N2O2.C7H9NO2S/c1-3-13-12-22-9-7-14(13)10-19(22)20(23)16-6-8-21-18-5-4-15(24-2)11-17(16)18;1-6-2-4-7(5-3-6)11(8,9)10/h3-6,8,11,13-14,19-20,23H,1,7,9-10,12H2,2H3;2-5H,1H3,(H2,8,9,10)/t13-,14-,19-,20+;/m0./s1. The highest BCUT2D eigenvalue weighted by Gasteiger charge is 2.42. The number of piperidine rings is 3. The fraction of sp³-hybridized carbons (Fsp3) is 0.370. The third-order valence-corrected chi connectivity index (χ3v) is 8.10. The van der Waals surface area contributed by atoms with Crippen LogP contribution in [0.25, 0.3) is 10.9 Å². The molecule has 8 heteroatoms. The van der Waals surface area contributed by atoms with E-state index in [1.165, 1.54) is 18.6 Å². The molecule has 0 saturated carbocycles. The number of aryl methyl sites for hydroxylation is 1. The van der Waals surface area contributed by atoms with Gasteiger partial charge in [0, 0.05) is 24.2 Å². The lowest BCUT2D eigenvalue weighted by Gasteiger charge is -2.50. The van der Waals surface area contributed by atoms with Crippen molar-refractivity contribution in [3.8, 4) is 5.75 Å². The molecule has 2 bridgehead atoms. The smallest absolute Gasteiger partial charge is 0.238 e. The van der Waals surface area contributed by atoms with Crippen molar-refractivity contribution in [3.05, 3.63) is 78.5 Å². The first-order valence-electron chi connectivity index (χ1n) is 11.8. The van der Waals surface area contributed by atoms with E-state index < -0.39 is 16.1 Å². The van der Waals surface area contributed by atoms with Gasteiger partial charge >= 0.3 is 0 Å². The Hall–Kier alpha value is -2.78. The molecule has 5 atom stereocenters. The summed E-state index contributed by atoms with van der Waals surface area (Å²) in [7, 11) is -1.86. The van der Waals surface area contributed by atoms with Crippen molar-refractivity contribution in [3.63, 3.8) is 0 Å². The molecule has 0 aliphatic carbocycles. The zero-order valence-electron chi connectivity index (χ0n) is 20.2. The number of primary sulfonamides is 1. The fourth-order valence-corrected chi connectivity index (χ4v) is 5.69. The van der Waals surface area contributed by atoms with E-state index >= 15 is 0 Å². The number of nitrogens with two attached hydrogens (primary N) is 1. The number of pyridine rings is 1. The van der Waals surface area contributed by atoms with E-state index in [1.54, 1.807) is 25.4 Å². The summed E-state index contributed by atoms with van der Waals surface area (Å²) in [4.78, 5) is 7.01. The largest absolute Gasteiger partial charge is 0.497 e. The summed E-state index contributed by atoms with van der Waals surface area (Å²) >= 11 is 0. The van der Waals surface area contributed by atoms with Crippen molar-refractivity contribution in [1.29, 1.82) is 0 Å². The maximum absolute atomic E-state index is 11.2. The van der Waals surface area contributed by atoms with Gasteiger partial charge in [0.1, 0.15) is 5.75 Å². The van der Waals surface area contributed by atoms with Crippen LogP contribution in [0.4, 0.5) is 0 Å². The van der Waals surface area contributed by atoms with Crippen LogP contribution >= 0.6 is 0 Å². The third kappa shape index (κ3) is 5.56. The second-order valence-corrected chi connectivity index (χ2v) is 10.9. The molecule has 1 aromatic heterocycles. The average molecular weight is 496 g/mol. The molecule has 35 heavy (non-hydrogen) atoms. The Labute approximate surface area is 207 Å². The number of hydrogen-bond donors (Lipinski definition) is 2. The molecule has 1 unspecified atom stereocenters. The van der Waals surface area contributed by atoms with Crippen LogP contribution in [-0.2, 0) is 10.0 Å². The summed E-state index contributed by atoms with van der Waals surface area (Å²) in [6.45, 7) is 7.95. The minimum Gasteiger partial charge on any atom is -0.497 e. The summed E-state index contributed by atoms with van der Waals surface area (Å²) in [5, 5.41) is 17.0. The predicted octanol–water partition coefficient (Wildman–Crippen LogP) is 3.82. The average Bonchev–Trinajstić information content (AvgIpc) is 2.87. The Bertz CT molecular complexity index is 1290. The molecule has 3 fully saturated rings. The Morgan fingerprint density at radius 3 is 2.57 bits per heavy atom. The number of aliphatic hydroxyl groups excluding tert-OH is 1. The van der Waals surface area contributed by atoms with Crippen LogP contribution in [-0.4, -0.2) is 49.6 Å². The molecular formula is C27H33N3O4S. The Kier molecular flexibility index (Phi) is 7.56. The number of hydrogen-bond acceptors (Lipinski definition) is 6. The molecule has 7 nitrogen and oxygen atoms in total. The van der Waals surface area contributed by atoms with Crippen LogP contribution in [0.5, 0.6) is 5.75 Å². The minimum absolute atomic E-state index is 0.156. The fourth-order valence-electron chi connectivity index (χ4n) is 5.17. The predicted molar refractivity (Wildman–Crippen MR) is 138 cm³/mol. The van der Waals surface area contributed by atoms with Gasteiger partial charge in [-0.3, -0.25) is 9.88 Å². The van der Waals surface area contributed by atoms with E-state index in [2.05, 4.69) is 22.5 Å². The first-order chi connectivity index (χ1) is 16.7. The number of aromatic nitrogens is 1. The molecule has 3 aliphatic heterocycles. The molecule has 4 heterocycles. The zero-order valence-corrected chi connectivity index (χ0v) is 21.0. The van der Waals surface area contributed by atoms with Gasteiger partial charge in [-0.2, -0.15) is 0 Å².